The number of ether oxygens (including phenoxy) is 1. The summed E-state index contributed by atoms with van der Waals surface area (Å²) in [6, 6.07) is 0.593. The van der Waals surface area contributed by atoms with Crippen molar-refractivity contribution >= 4 is 0 Å². The Morgan fingerprint density at radius 2 is 2.14 bits per heavy atom. The molecule has 0 radical (unpaired) electrons. The minimum atomic E-state index is 0.528. The molecule has 1 fully saturated rings. The molecule has 1 aliphatic heterocycles. The van der Waals surface area contributed by atoms with E-state index >= 15 is 0 Å². The minimum absolute atomic E-state index is 0.528. The lowest BCUT2D eigenvalue weighted by Crippen LogP contribution is -2.32. The Kier molecular flexibility index (Phi) is 6.15. The van der Waals surface area contributed by atoms with Crippen LogP contribution in [-0.2, 0) is 4.74 Å². The molecule has 1 aliphatic rings. The molecule has 0 aromatic heterocycles. The molecule has 14 heavy (non-hydrogen) atoms. The molecule has 1 atom stereocenters. The van der Waals surface area contributed by atoms with Crippen molar-refractivity contribution in [2.45, 2.75) is 45.3 Å². The Morgan fingerprint density at radius 1 is 1.29 bits per heavy atom. The highest BCUT2D eigenvalue weighted by Gasteiger charge is 2.13. The quantitative estimate of drug-likeness (QED) is 0.605. The molecular weight excluding hydrogens is 176 g/mol. The summed E-state index contributed by atoms with van der Waals surface area (Å²) in [5.74, 6) is 0. The summed E-state index contributed by atoms with van der Waals surface area (Å²) >= 11 is 0. The Labute approximate surface area is 87.6 Å². The van der Waals surface area contributed by atoms with Gasteiger partial charge in [0.05, 0.1) is 6.10 Å². The maximum absolute atomic E-state index is 5.54. The van der Waals surface area contributed by atoms with Crippen LogP contribution in [0, 0.1) is 0 Å². The molecule has 0 spiro atoms. The zero-order chi connectivity index (χ0) is 10.2. The molecule has 1 saturated heterocycles. The Hall–Kier alpha value is -0.120. The Bertz CT molecular complexity index is 133. The highest BCUT2D eigenvalue weighted by atomic mass is 16.5. The third-order valence-electron chi connectivity index (χ3n) is 2.52. The van der Waals surface area contributed by atoms with E-state index in [1.54, 1.807) is 0 Å². The van der Waals surface area contributed by atoms with Gasteiger partial charge in [-0.1, -0.05) is 13.8 Å². The van der Waals surface area contributed by atoms with Gasteiger partial charge in [0.1, 0.15) is 0 Å². The van der Waals surface area contributed by atoms with Crippen LogP contribution in [0.15, 0.2) is 0 Å². The van der Waals surface area contributed by atoms with Crippen molar-refractivity contribution in [3.63, 3.8) is 0 Å². The van der Waals surface area contributed by atoms with Crippen LogP contribution in [-0.4, -0.2) is 38.4 Å². The molecule has 0 saturated carbocycles. The first-order chi connectivity index (χ1) is 6.79. The van der Waals surface area contributed by atoms with Crippen molar-refractivity contribution in [3.05, 3.63) is 0 Å². The van der Waals surface area contributed by atoms with E-state index in [4.69, 9.17) is 4.74 Å². The average molecular weight is 200 g/mol. The van der Waals surface area contributed by atoms with E-state index in [1.807, 2.05) is 0 Å². The number of rotatable bonds is 7. The maximum atomic E-state index is 5.54. The summed E-state index contributed by atoms with van der Waals surface area (Å²) in [4.78, 5) is 0. The first-order valence-electron chi connectivity index (χ1n) is 5.84. The standard InChI is InChI=1S/C11H24N2O/c1-10(2)13-8-7-12-6-5-11-4-3-9-14-11/h10-13H,3-9H2,1-2H3. The fourth-order valence-electron chi connectivity index (χ4n) is 1.71. The second-order valence-corrected chi connectivity index (χ2v) is 4.28. The van der Waals surface area contributed by atoms with Crippen molar-refractivity contribution in [3.8, 4) is 0 Å². The molecule has 0 bridgehead atoms. The lowest BCUT2D eigenvalue weighted by molar-refractivity contribution is 0.104. The van der Waals surface area contributed by atoms with E-state index in [0.717, 1.165) is 26.2 Å². The van der Waals surface area contributed by atoms with Crippen LogP contribution in [0.3, 0.4) is 0 Å². The Morgan fingerprint density at radius 3 is 2.79 bits per heavy atom. The van der Waals surface area contributed by atoms with E-state index in [2.05, 4.69) is 24.5 Å². The van der Waals surface area contributed by atoms with E-state index in [9.17, 15) is 0 Å². The summed E-state index contributed by atoms with van der Waals surface area (Å²) in [6.07, 6.45) is 4.20. The van der Waals surface area contributed by atoms with E-state index in [-0.39, 0.29) is 0 Å². The highest BCUT2D eigenvalue weighted by molar-refractivity contribution is 4.66. The summed E-state index contributed by atoms with van der Waals surface area (Å²) < 4.78 is 5.54. The summed E-state index contributed by atoms with van der Waals surface area (Å²) in [5, 5.41) is 6.81. The van der Waals surface area contributed by atoms with Crippen molar-refractivity contribution < 1.29 is 4.74 Å². The van der Waals surface area contributed by atoms with Gasteiger partial charge in [-0.3, -0.25) is 0 Å². The third-order valence-corrected chi connectivity index (χ3v) is 2.52. The lowest BCUT2D eigenvalue weighted by Gasteiger charge is -2.11. The zero-order valence-electron chi connectivity index (χ0n) is 9.51. The highest BCUT2D eigenvalue weighted by Crippen LogP contribution is 2.14. The van der Waals surface area contributed by atoms with Crippen LogP contribution in [0.4, 0.5) is 0 Å². The van der Waals surface area contributed by atoms with Gasteiger partial charge >= 0.3 is 0 Å². The molecular formula is C11H24N2O. The molecule has 1 unspecified atom stereocenters. The van der Waals surface area contributed by atoms with Gasteiger partial charge in [0.15, 0.2) is 0 Å². The smallest absolute Gasteiger partial charge is 0.0588 e. The second-order valence-electron chi connectivity index (χ2n) is 4.28. The van der Waals surface area contributed by atoms with Crippen LogP contribution < -0.4 is 10.6 Å². The first kappa shape index (κ1) is 12.0. The molecule has 3 heteroatoms. The van der Waals surface area contributed by atoms with Gasteiger partial charge in [-0.05, 0) is 25.8 Å². The second kappa shape index (κ2) is 7.21. The fourth-order valence-corrected chi connectivity index (χ4v) is 1.71. The number of nitrogens with one attached hydrogen (secondary N) is 2. The number of hydrogen-bond donors (Lipinski definition) is 2. The van der Waals surface area contributed by atoms with E-state index < -0.39 is 0 Å². The van der Waals surface area contributed by atoms with Crippen LogP contribution in [0.5, 0.6) is 0 Å². The van der Waals surface area contributed by atoms with E-state index in [1.165, 1.54) is 19.3 Å². The molecule has 84 valence electrons. The molecule has 0 aromatic carbocycles. The predicted octanol–water partition coefficient (Wildman–Crippen LogP) is 1.14. The SMILES string of the molecule is CC(C)NCCNCCC1CCCO1. The van der Waals surface area contributed by atoms with Crippen molar-refractivity contribution in [2.75, 3.05) is 26.2 Å². The maximum Gasteiger partial charge on any atom is 0.0588 e. The minimum Gasteiger partial charge on any atom is -0.378 e. The van der Waals surface area contributed by atoms with Crippen LogP contribution in [0.25, 0.3) is 0 Å². The van der Waals surface area contributed by atoms with Crippen LogP contribution >= 0.6 is 0 Å². The van der Waals surface area contributed by atoms with E-state index in [0.29, 0.717) is 12.1 Å². The first-order valence-corrected chi connectivity index (χ1v) is 5.84. The monoisotopic (exact) mass is 200 g/mol. The molecule has 1 heterocycles. The van der Waals surface area contributed by atoms with Crippen molar-refractivity contribution in [2.24, 2.45) is 0 Å². The fraction of sp³-hybridized carbons (Fsp3) is 1.00. The number of hydrogen-bond acceptors (Lipinski definition) is 3. The van der Waals surface area contributed by atoms with Crippen LogP contribution in [0.1, 0.15) is 33.1 Å². The van der Waals surface area contributed by atoms with Gasteiger partial charge in [0.2, 0.25) is 0 Å². The van der Waals surface area contributed by atoms with Gasteiger partial charge in [0, 0.05) is 25.7 Å². The van der Waals surface area contributed by atoms with Crippen LogP contribution in [0.2, 0.25) is 0 Å². The predicted molar refractivity (Wildman–Crippen MR) is 59.6 cm³/mol. The van der Waals surface area contributed by atoms with Crippen molar-refractivity contribution in [1.82, 2.24) is 10.6 Å². The zero-order valence-corrected chi connectivity index (χ0v) is 9.51. The molecule has 0 amide bonds. The molecule has 0 aromatic rings. The molecule has 0 aliphatic carbocycles. The summed E-state index contributed by atoms with van der Waals surface area (Å²) in [7, 11) is 0. The van der Waals surface area contributed by atoms with Gasteiger partial charge in [0.25, 0.3) is 0 Å². The summed E-state index contributed by atoms with van der Waals surface area (Å²) in [5.41, 5.74) is 0. The third kappa shape index (κ3) is 5.58. The molecule has 3 nitrogen and oxygen atoms in total. The van der Waals surface area contributed by atoms with Crippen molar-refractivity contribution in [1.29, 1.82) is 0 Å². The topological polar surface area (TPSA) is 33.3 Å². The molecule has 1 rings (SSSR count). The van der Waals surface area contributed by atoms with Gasteiger partial charge in [-0.15, -0.1) is 0 Å². The lowest BCUT2D eigenvalue weighted by atomic mass is 10.2. The largest absolute Gasteiger partial charge is 0.378 e. The Balaban J connectivity index is 1.79. The average Bonchev–Trinajstić information content (AvgIpc) is 2.63. The van der Waals surface area contributed by atoms with Gasteiger partial charge in [-0.25, -0.2) is 0 Å². The molecule has 2 N–H and O–H groups in total. The van der Waals surface area contributed by atoms with Gasteiger partial charge < -0.3 is 15.4 Å². The van der Waals surface area contributed by atoms with Gasteiger partial charge in [-0.2, -0.15) is 0 Å². The normalized spacial score (nSPS) is 22.1. The summed E-state index contributed by atoms with van der Waals surface area (Å²) in [6.45, 7) is 8.52.